The fourth-order valence-electron chi connectivity index (χ4n) is 2.22. The first-order chi connectivity index (χ1) is 9.02. The van der Waals surface area contributed by atoms with Crippen LogP contribution in [0, 0.1) is 13.8 Å². The van der Waals surface area contributed by atoms with Crippen LogP contribution in [-0.2, 0) is 13.1 Å². The largest absolute Gasteiger partial charge is 0.316 e. The fraction of sp³-hybridized carbons (Fsp3) is 0.571. The first kappa shape index (κ1) is 13.8. The molecule has 0 aliphatic carbocycles. The van der Waals surface area contributed by atoms with Gasteiger partial charge >= 0.3 is 0 Å². The van der Waals surface area contributed by atoms with E-state index < -0.39 is 0 Å². The minimum absolute atomic E-state index is 0.397. The van der Waals surface area contributed by atoms with Crippen LogP contribution < -0.4 is 5.32 Å². The van der Waals surface area contributed by atoms with Crippen LogP contribution in [0.1, 0.15) is 42.5 Å². The highest BCUT2D eigenvalue weighted by Crippen LogP contribution is 2.14. The molecule has 0 bridgehead atoms. The molecule has 104 valence electrons. The highest BCUT2D eigenvalue weighted by Gasteiger charge is 2.12. The lowest BCUT2D eigenvalue weighted by atomic mass is 10.2. The maximum atomic E-state index is 4.61. The molecule has 5 heteroatoms. The molecule has 0 unspecified atom stereocenters. The van der Waals surface area contributed by atoms with Crippen LogP contribution in [0.25, 0.3) is 0 Å². The molecule has 2 aromatic heterocycles. The van der Waals surface area contributed by atoms with Crippen LogP contribution in [0.4, 0.5) is 0 Å². The molecule has 0 saturated heterocycles. The second kappa shape index (κ2) is 5.57. The van der Waals surface area contributed by atoms with Crippen molar-refractivity contribution in [2.45, 2.75) is 46.8 Å². The Hall–Kier alpha value is -1.62. The third kappa shape index (κ3) is 2.87. The van der Waals surface area contributed by atoms with E-state index in [4.69, 9.17) is 0 Å². The molecule has 0 aliphatic heterocycles. The van der Waals surface area contributed by atoms with Crippen molar-refractivity contribution in [1.82, 2.24) is 24.9 Å². The van der Waals surface area contributed by atoms with Crippen molar-refractivity contribution in [2.24, 2.45) is 0 Å². The number of hydrogen-bond acceptors (Lipinski definition) is 3. The Morgan fingerprint density at radius 3 is 2.58 bits per heavy atom. The second-order valence-corrected chi connectivity index (χ2v) is 5.22. The first-order valence-corrected chi connectivity index (χ1v) is 6.74. The summed E-state index contributed by atoms with van der Waals surface area (Å²) >= 11 is 0. The summed E-state index contributed by atoms with van der Waals surface area (Å²) in [6, 6.07) is 2.46. The quantitative estimate of drug-likeness (QED) is 0.896. The van der Waals surface area contributed by atoms with Crippen LogP contribution >= 0.6 is 0 Å². The minimum atomic E-state index is 0.397. The molecule has 0 aromatic carbocycles. The zero-order valence-electron chi connectivity index (χ0n) is 12.4. The van der Waals surface area contributed by atoms with Crippen molar-refractivity contribution < 1.29 is 0 Å². The Morgan fingerprint density at radius 2 is 2.00 bits per heavy atom. The van der Waals surface area contributed by atoms with Gasteiger partial charge < -0.3 is 5.32 Å². The Bertz CT molecular complexity index is 550. The lowest BCUT2D eigenvalue weighted by Gasteiger charge is -2.05. The van der Waals surface area contributed by atoms with E-state index in [-0.39, 0.29) is 0 Å². The summed E-state index contributed by atoms with van der Waals surface area (Å²) in [5.74, 6) is 0. The van der Waals surface area contributed by atoms with Crippen molar-refractivity contribution in [3.63, 3.8) is 0 Å². The zero-order chi connectivity index (χ0) is 14.0. The van der Waals surface area contributed by atoms with E-state index >= 15 is 0 Å². The molecule has 0 aliphatic rings. The number of nitrogens with one attached hydrogen (secondary N) is 1. The molecule has 19 heavy (non-hydrogen) atoms. The van der Waals surface area contributed by atoms with Gasteiger partial charge in [0.05, 0.1) is 17.9 Å². The molecule has 0 radical (unpaired) electrons. The summed E-state index contributed by atoms with van der Waals surface area (Å²) in [6.07, 6.45) is 2.03. The summed E-state index contributed by atoms with van der Waals surface area (Å²) in [7, 11) is 1.96. The van der Waals surface area contributed by atoms with Crippen LogP contribution in [0.3, 0.4) is 0 Å². The lowest BCUT2D eigenvalue weighted by molar-refractivity contribution is 0.519. The van der Waals surface area contributed by atoms with E-state index in [9.17, 15) is 0 Å². The van der Waals surface area contributed by atoms with E-state index in [0.717, 1.165) is 24.5 Å². The Balaban J connectivity index is 2.20. The van der Waals surface area contributed by atoms with E-state index in [1.165, 1.54) is 11.3 Å². The van der Waals surface area contributed by atoms with Crippen molar-refractivity contribution >= 4 is 0 Å². The molecule has 2 rings (SSSR count). The van der Waals surface area contributed by atoms with E-state index in [1.807, 2.05) is 22.6 Å². The highest BCUT2D eigenvalue weighted by atomic mass is 15.3. The summed E-state index contributed by atoms with van der Waals surface area (Å²) in [5, 5.41) is 12.4. The number of hydrogen-bond donors (Lipinski definition) is 1. The van der Waals surface area contributed by atoms with E-state index in [0.29, 0.717) is 6.04 Å². The molecule has 0 spiro atoms. The molecule has 0 fully saturated rings. The smallest absolute Gasteiger partial charge is 0.0853 e. The monoisotopic (exact) mass is 261 g/mol. The molecule has 1 N–H and O–H groups in total. The average Bonchev–Trinajstić information content (AvgIpc) is 2.91. The average molecular weight is 261 g/mol. The van der Waals surface area contributed by atoms with Gasteiger partial charge in [-0.05, 0) is 40.8 Å². The molecule has 0 amide bonds. The SMILES string of the molecule is CNCc1c(C)nn(Cc2ccn(C(C)C)n2)c1C. The molecule has 2 aromatic rings. The molecule has 2 heterocycles. The maximum Gasteiger partial charge on any atom is 0.0853 e. The van der Waals surface area contributed by atoms with Gasteiger partial charge in [-0.3, -0.25) is 9.36 Å². The fourth-order valence-corrected chi connectivity index (χ4v) is 2.22. The van der Waals surface area contributed by atoms with Crippen LogP contribution in [-0.4, -0.2) is 26.6 Å². The predicted octanol–water partition coefficient (Wildman–Crippen LogP) is 2.05. The minimum Gasteiger partial charge on any atom is -0.316 e. The van der Waals surface area contributed by atoms with Gasteiger partial charge in [-0.15, -0.1) is 0 Å². The van der Waals surface area contributed by atoms with Gasteiger partial charge in [0, 0.05) is 30.0 Å². The van der Waals surface area contributed by atoms with Gasteiger partial charge in [0.25, 0.3) is 0 Å². The first-order valence-electron chi connectivity index (χ1n) is 6.74. The molecular formula is C14H23N5. The van der Waals surface area contributed by atoms with E-state index in [1.54, 1.807) is 0 Å². The Morgan fingerprint density at radius 1 is 1.26 bits per heavy atom. The summed E-state index contributed by atoms with van der Waals surface area (Å²) in [6.45, 7) is 10.0. The van der Waals surface area contributed by atoms with Crippen LogP contribution in [0.5, 0.6) is 0 Å². The second-order valence-electron chi connectivity index (χ2n) is 5.22. The Labute approximate surface area is 114 Å². The van der Waals surface area contributed by atoms with Gasteiger partial charge in [-0.2, -0.15) is 10.2 Å². The van der Waals surface area contributed by atoms with Crippen molar-refractivity contribution in [1.29, 1.82) is 0 Å². The summed E-state index contributed by atoms with van der Waals surface area (Å²) in [5.41, 5.74) is 4.64. The van der Waals surface area contributed by atoms with E-state index in [2.05, 4.69) is 49.3 Å². The lowest BCUT2D eigenvalue weighted by Crippen LogP contribution is -2.09. The predicted molar refractivity (Wildman–Crippen MR) is 76.2 cm³/mol. The van der Waals surface area contributed by atoms with Crippen molar-refractivity contribution in [2.75, 3.05) is 7.05 Å². The number of aryl methyl sites for hydroxylation is 1. The summed E-state index contributed by atoms with van der Waals surface area (Å²) < 4.78 is 4.02. The van der Waals surface area contributed by atoms with Gasteiger partial charge in [0.1, 0.15) is 0 Å². The number of nitrogens with zero attached hydrogens (tertiary/aromatic N) is 4. The van der Waals surface area contributed by atoms with Crippen molar-refractivity contribution in [3.05, 3.63) is 34.9 Å². The topological polar surface area (TPSA) is 47.7 Å². The van der Waals surface area contributed by atoms with Crippen LogP contribution in [0.2, 0.25) is 0 Å². The van der Waals surface area contributed by atoms with Crippen LogP contribution in [0.15, 0.2) is 12.3 Å². The van der Waals surface area contributed by atoms with Gasteiger partial charge in [-0.1, -0.05) is 0 Å². The highest BCUT2D eigenvalue weighted by molar-refractivity contribution is 5.24. The standard InChI is InChI=1S/C14H23N5/c1-10(2)18-7-6-13(17-18)9-19-12(4)14(8-15-5)11(3)16-19/h6-7,10,15H,8-9H2,1-5H3. The van der Waals surface area contributed by atoms with Crippen molar-refractivity contribution in [3.8, 4) is 0 Å². The Kier molecular flexibility index (Phi) is 4.04. The number of rotatable bonds is 5. The molecule has 0 saturated carbocycles. The number of aromatic nitrogens is 4. The van der Waals surface area contributed by atoms with Gasteiger partial charge in [0.2, 0.25) is 0 Å². The molecule has 0 atom stereocenters. The summed E-state index contributed by atoms with van der Waals surface area (Å²) in [4.78, 5) is 0. The normalized spacial score (nSPS) is 11.5. The van der Waals surface area contributed by atoms with Gasteiger partial charge in [0.15, 0.2) is 0 Å². The third-order valence-electron chi connectivity index (χ3n) is 3.39. The third-order valence-corrected chi connectivity index (χ3v) is 3.39. The molecule has 5 nitrogen and oxygen atoms in total. The maximum absolute atomic E-state index is 4.61. The molecular weight excluding hydrogens is 238 g/mol. The van der Waals surface area contributed by atoms with Gasteiger partial charge in [-0.25, -0.2) is 0 Å². The zero-order valence-corrected chi connectivity index (χ0v) is 12.4.